The molecule has 3 aromatic heterocycles. The quantitative estimate of drug-likeness (QED) is 0.496. The summed E-state index contributed by atoms with van der Waals surface area (Å²) in [6.07, 6.45) is 8.24. The number of para-hydroxylation sites is 1. The van der Waals surface area contributed by atoms with E-state index < -0.39 is 0 Å². The lowest BCUT2D eigenvalue weighted by Crippen LogP contribution is -2.40. The number of rotatable bonds is 5. The number of likely N-dealkylation sites (tertiary alicyclic amines) is 1. The van der Waals surface area contributed by atoms with E-state index in [0.29, 0.717) is 12.3 Å². The summed E-state index contributed by atoms with van der Waals surface area (Å²) in [7, 11) is 0. The maximum absolute atomic E-state index is 13.1. The van der Waals surface area contributed by atoms with Gasteiger partial charge in [-0.25, -0.2) is 9.97 Å². The third-order valence-electron chi connectivity index (χ3n) is 6.40. The van der Waals surface area contributed by atoms with Gasteiger partial charge in [0.2, 0.25) is 5.91 Å². The Morgan fingerprint density at radius 1 is 1.19 bits per heavy atom. The minimum Gasteiger partial charge on any atom is -0.361 e. The summed E-state index contributed by atoms with van der Waals surface area (Å²) in [5.74, 6) is 2.66. The molecule has 5 rings (SSSR count). The standard InChI is InChI=1S/C26H29N5O/c1-18(2)26-27-12-14-31(26)24-11-5-10-22(29-24)19-7-6-13-30(17-19)25(32)15-20-16-28-23-9-4-3-8-21(20)23/h3-5,8-12,14,16,18-19,28H,6-7,13,15,17H2,1-2H3/t19-/m1/s1. The molecule has 0 radical (unpaired) electrons. The first-order chi connectivity index (χ1) is 15.6. The van der Waals surface area contributed by atoms with Crippen LogP contribution in [0, 0.1) is 0 Å². The number of nitrogens with zero attached hydrogens (tertiary/aromatic N) is 4. The number of carbonyl (C=O) groups is 1. The van der Waals surface area contributed by atoms with Crippen molar-refractivity contribution in [1.82, 2.24) is 24.4 Å². The van der Waals surface area contributed by atoms with Crippen LogP contribution in [0.5, 0.6) is 0 Å². The van der Waals surface area contributed by atoms with Gasteiger partial charge in [-0.15, -0.1) is 0 Å². The molecule has 1 aliphatic rings. The first kappa shape index (κ1) is 20.5. The van der Waals surface area contributed by atoms with E-state index >= 15 is 0 Å². The smallest absolute Gasteiger partial charge is 0.227 e. The topological polar surface area (TPSA) is 66.8 Å². The van der Waals surface area contributed by atoms with Gasteiger partial charge in [-0.3, -0.25) is 9.36 Å². The van der Waals surface area contributed by atoms with Gasteiger partial charge in [0, 0.05) is 60.1 Å². The minimum atomic E-state index is 0.187. The van der Waals surface area contributed by atoms with Crippen molar-refractivity contribution in [1.29, 1.82) is 0 Å². The van der Waals surface area contributed by atoms with E-state index in [4.69, 9.17) is 4.98 Å². The average molecular weight is 428 g/mol. The molecule has 0 bridgehead atoms. The highest BCUT2D eigenvalue weighted by atomic mass is 16.2. The zero-order valence-corrected chi connectivity index (χ0v) is 18.7. The Labute approximate surface area is 188 Å². The molecule has 6 heteroatoms. The zero-order chi connectivity index (χ0) is 22.1. The van der Waals surface area contributed by atoms with Crippen molar-refractivity contribution in [2.45, 2.75) is 44.9 Å². The molecule has 1 N–H and O–H groups in total. The summed E-state index contributed by atoms with van der Waals surface area (Å²) >= 11 is 0. The largest absolute Gasteiger partial charge is 0.361 e. The number of amides is 1. The van der Waals surface area contributed by atoms with Gasteiger partial charge in [0.15, 0.2) is 0 Å². The molecule has 1 atom stereocenters. The van der Waals surface area contributed by atoms with Crippen molar-refractivity contribution >= 4 is 16.8 Å². The van der Waals surface area contributed by atoms with E-state index in [0.717, 1.165) is 59.7 Å². The molecule has 0 unspecified atom stereocenters. The van der Waals surface area contributed by atoms with Gasteiger partial charge in [0.05, 0.1) is 6.42 Å². The number of carbonyl (C=O) groups excluding carboxylic acids is 1. The number of fused-ring (bicyclic) bond motifs is 1. The molecule has 1 aromatic carbocycles. The van der Waals surface area contributed by atoms with Crippen LogP contribution in [0.1, 0.15) is 55.6 Å². The van der Waals surface area contributed by atoms with Crippen molar-refractivity contribution in [2.75, 3.05) is 13.1 Å². The van der Waals surface area contributed by atoms with E-state index in [1.807, 2.05) is 47.8 Å². The van der Waals surface area contributed by atoms with Crippen LogP contribution in [0.25, 0.3) is 16.7 Å². The van der Waals surface area contributed by atoms with Gasteiger partial charge in [0.25, 0.3) is 0 Å². The molecule has 1 amide bonds. The Morgan fingerprint density at radius 2 is 2.06 bits per heavy atom. The molecule has 1 saturated heterocycles. The highest BCUT2D eigenvalue weighted by Crippen LogP contribution is 2.28. The number of pyridine rings is 1. The first-order valence-corrected chi connectivity index (χ1v) is 11.4. The van der Waals surface area contributed by atoms with Gasteiger partial charge < -0.3 is 9.88 Å². The van der Waals surface area contributed by atoms with Gasteiger partial charge in [-0.1, -0.05) is 38.1 Å². The second-order valence-electron chi connectivity index (χ2n) is 8.95. The lowest BCUT2D eigenvalue weighted by atomic mass is 9.93. The van der Waals surface area contributed by atoms with Crippen molar-refractivity contribution < 1.29 is 4.79 Å². The lowest BCUT2D eigenvalue weighted by molar-refractivity contribution is -0.131. The fraction of sp³-hybridized carbons (Fsp3) is 0.346. The van der Waals surface area contributed by atoms with Crippen LogP contribution in [0.4, 0.5) is 0 Å². The third kappa shape index (κ3) is 3.93. The van der Waals surface area contributed by atoms with Crippen LogP contribution in [0.15, 0.2) is 61.1 Å². The minimum absolute atomic E-state index is 0.187. The van der Waals surface area contributed by atoms with Crippen LogP contribution < -0.4 is 0 Å². The number of benzene rings is 1. The molecule has 4 aromatic rings. The van der Waals surface area contributed by atoms with E-state index in [-0.39, 0.29) is 11.8 Å². The number of hydrogen-bond acceptors (Lipinski definition) is 3. The van der Waals surface area contributed by atoms with Gasteiger partial charge in [-0.05, 0) is 36.6 Å². The van der Waals surface area contributed by atoms with Crippen LogP contribution in [-0.4, -0.2) is 43.4 Å². The summed E-state index contributed by atoms with van der Waals surface area (Å²) < 4.78 is 2.07. The molecular weight excluding hydrogens is 398 g/mol. The maximum atomic E-state index is 13.1. The number of aromatic nitrogens is 4. The van der Waals surface area contributed by atoms with E-state index in [1.165, 1.54) is 0 Å². The summed E-state index contributed by atoms with van der Waals surface area (Å²) in [4.78, 5) is 27.9. The summed E-state index contributed by atoms with van der Waals surface area (Å²) in [5, 5.41) is 1.13. The first-order valence-electron chi connectivity index (χ1n) is 11.4. The van der Waals surface area contributed by atoms with Crippen molar-refractivity contribution in [2.24, 2.45) is 0 Å². The Balaban J connectivity index is 1.33. The molecule has 0 saturated carbocycles. The normalized spacial score (nSPS) is 16.7. The Hall–Kier alpha value is -3.41. The Bertz CT molecular complexity index is 1240. The maximum Gasteiger partial charge on any atom is 0.227 e. The number of piperidine rings is 1. The highest BCUT2D eigenvalue weighted by molar-refractivity contribution is 5.88. The Kier molecular flexibility index (Phi) is 5.52. The fourth-order valence-corrected chi connectivity index (χ4v) is 4.73. The lowest BCUT2D eigenvalue weighted by Gasteiger charge is -2.32. The second kappa shape index (κ2) is 8.61. The molecule has 0 aliphatic carbocycles. The monoisotopic (exact) mass is 427 g/mol. The van der Waals surface area contributed by atoms with Crippen molar-refractivity contribution in [3.05, 3.63) is 78.1 Å². The number of H-pyrrole nitrogens is 1. The van der Waals surface area contributed by atoms with Gasteiger partial charge >= 0.3 is 0 Å². The van der Waals surface area contributed by atoms with E-state index in [2.05, 4.69) is 46.6 Å². The van der Waals surface area contributed by atoms with Crippen LogP contribution in [-0.2, 0) is 11.2 Å². The molecule has 32 heavy (non-hydrogen) atoms. The number of hydrogen-bond donors (Lipinski definition) is 1. The summed E-state index contributed by atoms with van der Waals surface area (Å²) in [6.45, 7) is 5.82. The van der Waals surface area contributed by atoms with E-state index in [9.17, 15) is 4.79 Å². The van der Waals surface area contributed by atoms with Crippen LogP contribution in [0.2, 0.25) is 0 Å². The van der Waals surface area contributed by atoms with Gasteiger partial charge in [-0.2, -0.15) is 0 Å². The molecule has 1 aliphatic heterocycles. The molecule has 6 nitrogen and oxygen atoms in total. The molecular formula is C26H29N5O. The summed E-state index contributed by atoms with van der Waals surface area (Å²) in [5.41, 5.74) is 3.19. The van der Waals surface area contributed by atoms with E-state index in [1.54, 1.807) is 0 Å². The SMILES string of the molecule is CC(C)c1nccn1-c1cccc([C@@H]2CCCN(C(=O)Cc3c[nH]c4ccccc34)C2)n1. The third-order valence-corrected chi connectivity index (χ3v) is 6.40. The molecule has 1 fully saturated rings. The number of imidazole rings is 1. The number of nitrogens with one attached hydrogen (secondary N) is 1. The Morgan fingerprint density at radius 3 is 2.94 bits per heavy atom. The van der Waals surface area contributed by atoms with Crippen molar-refractivity contribution in [3.8, 4) is 5.82 Å². The zero-order valence-electron chi connectivity index (χ0n) is 18.7. The molecule has 4 heterocycles. The fourth-order valence-electron chi connectivity index (χ4n) is 4.73. The van der Waals surface area contributed by atoms with Gasteiger partial charge in [0.1, 0.15) is 11.6 Å². The van der Waals surface area contributed by atoms with Crippen LogP contribution in [0.3, 0.4) is 0 Å². The molecule has 0 spiro atoms. The highest BCUT2D eigenvalue weighted by Gasteiger charge is 2.26. The predicted octanol–water partition coefficient (Wildman–Crippen LogP) is 4.82. The van der Waals surface area contributed by atoms with Crippen molar-refractivity contribution in [3.63, 3.8) is 0 Å². The predicted molar refractivity (Wildman–Crippen MR) is 126 cm³/mol. The summed E-state index contributed by atoms with van der Waals surface area (Å²) in [6, 6.07) is 14.3. The van der Waals surface area contributed by atoms with Crippen LogP contribution >= 0.6 is 0 Å². The average Bonchev–Trinajstić information content (AvgIpc) is 3.47. The second-order valence-corrected chi connectivity index (χ2v) is 8.95. The molecule has 164 valence electrons. The number of aromatic amines is 1.